The van der Waals surface area contributed by atoms with Crippen molar-refractivity contribution < 1.29 is 17.9 Å². The molecule has 1 aromatic carbocycles. The second kappa shape index (κ2) is 7.17. The van der Waals surface area contributed by atoms with E-state index in [9.17, 15) is 13.2 Å². The van der Waals surface area contributed by atoms with Gasteiger partial charge in [0.25, 0.3) is 0 Å². The average Bonchev–Trinajstić information content (AvgIpc) is 3.18. The topological polar surface area (TPSA) is 106 Å². The highest BCUT2D eigenvalue weighted by Gasteiger charge is 2.40. The molecule has 4 rings (SSSR count). The van der Waals surface area contributed by atoms with Crippen LogP contribution in [0.2, 0.25) is 0 Å². The number of carbonyl (C=O) groups is 1. The first-order valence-electron chi connectivity index (χ1n) is 9.15. The van der Waals surface area contributed by atoms with Gasteiger partial charge in [-0.05, 0) is 43.9 Å². The van der Waals surface area contributed by atoms with E-state index in [-0.39, 0.29) is 16.8 Å². The smallest absolute Gasteiger partial charge is 0.243 e. The highest BCUT2D eigenvalue weighted by atomic mass is 32.2. The normalized spacial score (nSPS) is 21.0. The van der Waals surface area contributed by atoms with Gasteiger partial charge in [-0.15, -0.1) is 5.10 Å². The van der Waals surface area contributed by atoms with Crippen LogP contribution >= 0.6 is 0 Å². The fourth-order valence-corrected chi connectivity index (χ4v) is 5.08. The lowest BCUT2D eigenvalue weighted by Crippen LogP contribution is -2.46. The Morgan fingerprint density at radius 3 is 2.89 bits per heavy atom. The SMILES string of the molecule is COCCn1nnc2cc(S(=O)(=O)N3CCCC3C(=O)NC3CC3)ccc21. The molecule has 1 N–H and O–H groups in total. The van der Waals surface area contributed by atoms with Gasteiger partial charge in [-0.2, -0.15) is 4.31 Å². The standard InChI is InChI=1S/C17H23N5O4S/c1-26-10-9-21-15-7-6-13(11-14(15)19-20-21)27(24,25)22-8-2-3-16(22)17(23)18-12-4-5-12/h6-7,11-12,16H,2-5,8-10H2,1H3,(H,18,23). The summed E-state index contributed by atoms with van der Waals surface area (Å²) in [5, 5.41) is 11.0. The van der Waals surface area contributed by atoms with Crippen molar-refractivity contribution in [2.24, 2.45) is 0 Å². The van der Waals surface area contributed by atoms with E-state index in [1.807, 2.05) is 0 Å². The molecule has 9 nitrogen and oxygen atoms in total. The van der Waals surface area contributed by atoms with Gasteiger partial charge in [-0.3, -0.25) is 4.79 Å². The Morgan fingerprint density at radius 1 is 1.33 bits per heavy atom. The summed E-state index contributed by atoms with van der Waals surface area (Å²) in [5.74, 6) is -0.190. The van der Waals surface area contributed by atoms with Crippen LogP contribution in [0.25, 0.3) is 11.0 Å². The molecule has 1 atom stereocenters. The summed E-state index contributed by atoms with van der Waals surface area (Å²) >= 11 is 0. The van der Waals surface area contributed by atoms with Crippen molar-refractivity contribution in [3.05, 3.63) is 18.2 Å². The fourth-order valence-electron chi connectivity index (χ4n) is 3.41. The third kappa shape index (κ3) is 3.56. The van der Waals surface area contributed by atoms with E-state index in [1.54, 1.807) is 23.9 Å². The van der Waals surface area contributed by atoms with Crippen LogP contribution in [0.4, 0.5) is 0 Å². The molecule has 2 aliphatic rings. The molecule has 0 bridgehead atoms. The molecule has 1 saturated heterocycles. The van der Waals surface area contributed by atoms with Crippen LogP contribution in [-0.4, -0.2) is 66.0 Å². The number of benzene rings is 1. The zero-order chi connectivity index (χ0) is 19.0. The van der Waals surface area contributed by atoms with E-state index in [4.69, 9.17) is 4.74 Å². The third-order valence-electron chi connectivity index (χ3n) is 5.03. The first-order valence-corrected chi connectivity index (χ1v) is 10.6. The average molecular weight is 393 g/mol. The summed E-state index contributed by atoms with van der Waals surface area (Å²) in [6.07, 6.45) is 3.17. The molecule has 1 aliphatic carbocycles. The Bertz CT molecular complexity index is 953. The summed E-state index contributed by atoms with van der Waals surface area (Å²) in [6.45, 7) is 1.38. The zero-order valence-corrected chi connectivity index (χ0v) is 16.0. The van der Waals surface area contributed by atoms with Gasteiger partial charge in [0.05, 0.1) is 23.6 Å². The van der Waals surface area contributed by atoms with E-state index < -0.39 is 16.1 Å². The second-order valence-electron chi connectivity index (χ2n) is 7.01. The molecule has 1 amide bonds. The number of aromatic nitrogens is 3. The van der Waals surface area contributed by atoms with E-state index >= 15 is 0 Å². The van der Waals surface area contributed by atoms with Gasteiger partial charge in [0.15, 0.2) is 0 Å². The molecule has 0 radical (unpaired) electrons. The van der Waals surface area contributed by atoms with Gasteiger partial charge in [0.1, 0.15) is 11.6 Å². The quantitative estimate of drug-likeness (QED) is 0.735. The second-order valence-corrected chi connectivity index (χ2v) is 8.90. The molecule has 27 heavy (non-hydrogen) atoms. The summed E-state index contributed by atoms with van der Waals surface area (Å²) in [7, 11) is -2.17. The van der Waals surface area contributed by atoms with E-state index in [0.717, 1.165) is 18.4 Å². The number of ether oxygens (including phenoxy) is 1. The summed E-state index contributed by atoms with van der Waals surface area (Å²) in [6, 6.07) is 4.35. The van der Waals surface area contributed by atoms with Crippen LogP contribution in [0.3, 0.4) is 0 Å². The predicted octanol–water partition coefficient (Wildman–Crippen LogP) is 0.509. The Kier molecular flexibility index (Phi) is 4.87. The molecule has 2 aromatic rings. The van der Waals surface area contributed by atoms with E-state index in [1.165, 1.54) is 10.4 Å². The number of hydrogen-bond donors (Lipinski definition) is 1. The predicted molar refractivity (Wildman–Crippen MR) is 97.5 cm³/mol. The molecule has 1 aliphatic heterocycles. The van der Waals surface area contributed by atoms with Gasteiger partial charge in [0, 0.05) is 19.7 Å². The summed E-state index contributed by atoms with van der Waals surface area (Å²) < 4.78 is 34.3. The lowest BCUT2D eigenvalue weighted by molar-refractivity contribution is -0.124. The Balaban J connectivity index is 1.59. The largest absolute Gasteiger partial charge is 0.383 e. The van der Waals surface area contributed by atoms with Gasteiger partial charge < -0.3 is 10.1 Å². The highest BCUT2D eigenvalue weighted by molar-refractivity contribution is 7.89. The number of fused-ring (bicyclic) bond motifs is 1. The summed E-state index contributed by atoms with van der Waals surface area (Å²) in [5.41, 5.74) is 1.25. The maximum atomic E-state index is 13.1. The third-order valence-corrected chi connectivity index (χ3v) is 6.93. The molecule has 1 unspecified atom stereocenters. The lowest BCUT2D eigenvalue weighted by atomic mass is 10.2. The Morgan fingerprint density at radius 2 is 2.15 bits per heavy atom. The Labute approximate surface area is 157 Å². The highest BCUT2D eigenvalue weighted by Crippen LogP contribution is 2.29. The summed E-state index contributed by atoms with van der Waals surface area (Å²) in [4.78, 5) is 12.6. The number of nitrogens with one attached hydrogen (secondary N) is 1. The Hall–Kier alpha value is -2.04. The molecular formula is C17H23N5O4S. The first kappa shape index (κ1) is 18.3. The maximum Gasteiger partial charge on any atom is 0.243 e. The van der Waals surface area contributed by atoms with Gasteiger partial charge in [-0.1, -0.05) is 5.21 Å². The van der Waals surface area contributed by atoms with E-state index in [2.05, 4.69) is 15.6 Å². The molecule has 2 fully saturated rings. The number of carbonyl (C=O) groups excluding carboxylic acids is 1. The molecular weight excluding hydrogens is 370 g/mol. The van der Waals surface area contributed by atoms with Crippen molar-refractivity contribution in [3.8, 4) is 0 Å². The number of methoxy groups -OCH3 is 1. The van der Waals surface area contributed by atoms with Crippen molar-refractivity contribution in [2.45, 2.75) is 49.2 Å². The van der Waals surface area contributed by atoms with Gasteiger partial charge >= 0.3 is 0 Å². The fraction of sp³-hybridized carbons (Fsp3) is 0.588. The molecule has 10 heteroatoms. The van der Waals surface area contributed by atoms with Gasteiger partial charge in [0.2, 0.25) is 15.9 Å². The lowest BCUT2D eigenvalue weighted by Gasteiger charge is -2.23. The van der Waals surface area contributed by atoms with E-state index in [0.29, 0.717) is 38.1 Å². The zero-order valence-electron chi connectivity index (χ0n) is 15.2. The van der Waals surface area contributed by atoms with Crippen molar-refractivity contribution >= 4 is 27.0 Å². The number of hydrogen-bond acceptors (Lipinski definition) is 6. The van der Waals surface area contributed by atoms with Crippen LogP contribution < -0.4 is 5.32 Å². The number of sulfonamides is 1. The monoisotopic (exact) mass is 393 g/mol. The van der Waals surface area contributed by atoms with Crippen molar-refractivity contribution in [1.29, 1.82) is 0 Å². The molecule has 0 spiro atoms. The minimum absolute atomic E-state index is 0.139. The molecule has 146 valence electrons. The molecule has 2 heterocycles. The molecule has 1 aromatic heterocycles. The maximum absolute atomic E-state index is 13.1. The van der Waals surface area contributed by atoms with Crippen LogP contribution in [0.15, 0.2) is 23.1 Å². The minimum Gasteiger partial charge on any atom is -0.383 e. The van der Waals surface area contributed by atoms with Crippen LogP contribution in [0.1, 0.15) is 25.7 Å². The van der Waals surface area contributed by atoms with Crippen LogP contribution in [-0.2, 0) is 26.1 Å². The number of amides is 1. The first-order chi connectivity index (χ1) is 13.0. The van der Waals surface area contributed by atoms with Crippen molar-refractivity contribution in [3.63, 3.8) is 0 Å². The minimum atomic E-state index is -3.78. The van der Waals surface area contributed by atoms with Crippen molar-refractivity contribution in [2.75, 3.05) is 20.3 Å². The van der Waals surface area contributed by atoms with Crippen LogP contribution in [0, 0.1) is 0 Å². The van der Waals surface area contributed by atoms with Crippen LogP contribution in [0.5, 0.6) is 0 Å². The van der Waals surface area contributed by atoms with Crippen molar-refractivity contribution in [1.82, 2.24) is 24.6 Å². The van der Waals surface area contributed by atoms with Gasteiger partial charge in [-0.25, -0.2) is 13.1 Å². The number of rotatable bonds is 7. The molecule has 1 saturated carbocycles. The number of nitrogens with zero attached hydrogens (tertiary/aromatic N) is 4.